The average molecular weight is 264 g/mol. The Labute approximate surface area is 109 Å². The van der Waals surface area contributed by atoms with Crippen molar-refractivity contribution in [1.29, 1.82) is 0 Å². The van der Waals surface area contributed by atoms with Crippen molar-refractivity contribution < 1.29 is 9.90 Å². The number of anilines is 1. The van der Waals surface area contributed by atoms with Crippen LogP contribution in [0.25, 0.3) is 10.1 Å². The third kappa shape index (κ3) is 2.63. The van der Waals surface area contributed by atoms with E-state index in [9.17, 15) is 4.79 Å². The molecule has 0 radical (unpaired) electrons. The molecule has 1 heterocycles. The van der Waals surface area contributed by atoms with Crippen LogP contribution < -0.4 is 11.1 Å². The van der Waals surface area contributed by atoms with E-state index in [1.807, 2.05) is 31.2 Å². The van der Waals surface area contributed by atoms with Gasteiger partial charge in [-0.2, -0.15) is 0 Å². The first kappa shape index (κ1) is 12.9. The number of hydrogen-bond acceptors (Lipinski definition) is 4. The van der Waals surface area contributed by atoms with Gasteiger partial charge < -0.3 is 16.2 Å². The summed E-state index contributed by atoms with van der Waals surface area (Å²) in [5.74, 6) is -0.143. The average Bonchev–Trinajstić information content (AvgIpc) is 2.78. The van der Waals surface area contributed by atoms with Crippen LogP contribution in [-0.4, -0.2) is 23.7 Å². The molecule has 0 aliphatic rings. The highest BCUT2D eigenvalue weighted by atomic mass is 32.1. The number of benzene rings is 1. The summed E-state index contributed by atoms with van der Waals surface area (Å²) in [6, 6.07) is 7.23. The molecule has 2 rings (SSSR count). The fraction of sp³-hybridized carbons (Fsp3) is 0.308. The van der Waals surface area contributed by atoms with Gasteiger partial charge >= 0.3 is 0 Å². The Kier molecular flexibility index (Phi) is 3.84. The van der Waals surface area contributed by atoms with Crippen molar-refractivity contribution in [1.82, 2.24) is 5.32 Å². The van der Waals surface area contributed by atoms with Crippen LogP contribution in [0.4, 0.5) is 5.69 Å². The Morgan fingerprint density at radius 1 is 1.50 bits per heavy atom. The molecule has 0 aliphatic carbocycles. The number of carbonyl (C=O) groups is 1. The minimum Gasteiger partial charge on any atom is -0.399 e. The van der Waals surface area contributed by atoms with E-state index in [4.69, 9.17) is 10.8 Å². The molecule has 0 bridgehead atoms. The van der Waals surface area contributed by atoms with Gasteiger partial charge in [0.1, 0.15) is 0 Å². The number of thiophene rings is 1. The maximum atomic E-state index is 12.0. The molecule has 1 unspecified atom stereocenters. The van der Waals surface area contributed by atoms with Gasteiger partial charge in [-0.3, -0.25) is 4.79 Å². The lowest BCUT2D eigenvalue weighted by molar-refractivity contribution is 0.0919. The van der Waals surface area contributed by atoms with Gasteiger partial charge in [-0.15, -0.1) is 11.3 Å². The van der Waals surface area contributed by atoms with Crippen molar-refractivity contribution >= 4 is 33.0 Å². The van der Waals surface area contributed by atoms with Crippen molar-refractivity contribution in [3.8, 4) is 0 Å². The quantitative estimate of drug-likeness (QED) is 0.739. The van der Waals surface area contributed by atoms with E-state index in [0.29, 0.717) is 17.0 Å². The van der Waals surface area contributed by atoms with Gasteiger partial charge in [0.15, 0.2) is 0 Å². The number of rotatable bonds is 4. The Hall–Kier alpha value is -1.59. The summed E-state index contributed by atoms with van der Waals surface area (Å²) in [6.07, 6.45) is 0.708. The standard InChI is InChI=1S/C13H16N2O2S/c1-2-10(7-16)15-13(17)12-6-8-5-9(14)3-4-11(8)18-12/h3-6,10,16H,2,7,14H2,1H3,(H,15,17). The van der Waals surface area contributed by atoms with Gasteiger partial charge in [-0.05, 0) is 36.1 Å². The van der Waals surface area contributed by atoms with Crippen molar-refractivity contribution in [3.63, 3.8) is 0 Å². The maximum Gasteiger partial charge on any atom is 0.261 e. The highest BCUT2D eigenvalue weighted by molar-refractivity contribution is 7.20. The van der Waals surface area contributed by atoms with Gasteiger partial charge in [0.25, 0.3) is 5.91 Å². The van der Waals surface area contributed by atoms with Crippen molar-refractivity contribution in [2.75, 3.05) is 12.3 Å². The molecule has 5 heteroatoms. The van der Waals surface area contributed by atoms with Crippen LogP contribution in [0.5, 0.6) is 0 Å². The summed E-state index contributed by atoms with van der Waals surface area (Å²) in [6.45, 7) is 1.88. The van der Waals surface area contributed by atoms with Crippen molar-refractivity contribution in [2.24, 2.45) is 0 Å². The molecule has 0 spiro atoms. The number of aliphatic hydroxyl groups excluding tert-OH is 1. The number of fused-ring (bicyclic) bond motifs is 1. The number of amides is 1. The van der Waals surface area contributed by atoms with Crippen LogP contribution in [0.1, 0.15) is 23.0 Å². The number of carbonyl (C=O) groups excluding carboxylic acids is 1. The van der Waals surface area contributed by atoms with Crippen LogP contribution in [0.2, 0.25) is 0 Å². The van der Waals surface area contributed by atoms with Crippen LogP contribution in [0, 0.1) is 0 Å². The van der Waals surface area contributed by atoms with Gasteiger partial charge in [-0.1, -0.05) is 6.92 Å². The molecule has 0 saturated heterocycles. The third-order valence-corrected chi connectivity index (χ3v) is 3.93. The monoisotopic (exact) mass is 264 g/mol. The number of nitrogens with one attached hydrogen (secondary N) is 1. The number of aliphatic hydroxyl groups is 1. The predicted octanol–water partition coefficient (Wildman–Crippen LogP) is 1.98. The molecule has 0 saturated carbocycles. The van der Waals surface area contributed by atoms with Gasteiger partial charge in [-0.25, -0.2) is 0 Å². The topological polar surface area (TPSA) is 75.3 Å². The van der Waals surface area contributed by atoms with Crippen LogP contribution in [-0.2, 0) is 0 Å². The smallest absolute Gasteiger partial charge is 0.261 e. The second-order valence-corrected chi connectivity index (χ2v) is 5.25. The molecule has 4 N–H and O–H groups in total. The summed E-state index contributed by atoms with van der Waals surface area (Å²) < 4.78 is 1.03. The fourth-order valence-corrected chi connectivity index (χ4v) is 2.65. The van der Waals surface area contributed by atoms with E-state index in [1.54, 1.807) is 0 Å². The SMILES string of the molecule is CCC(CO)NC(=O)c1cc2cc(N)ccc2s1. The van der Waals surface area contributed by atoms with E-state index in [-0.39, 0.29) is 18.6 Å². The molecule has 1 atom stereocenters. The zero-order valence-corrected chi connectivity index (χ0v) is 11.0. The number of nitrogen functional groups attached to an aromatic ring is 1. The van der Waals surface area contributed by atoms with Crippen molar-refractivity contribution in [3.05, 3.63) is 29.1 Å². The van der Waals surface area contributed by atoms with Crippen LogP contribution in [0.15, 0.2) is 24.3 Å². The molecule has 1 aromatic carbocycles. The highest BCUT2D eigenvalue weighted by Crippen LogP contribution is 2.27. The minimum atomic E-state index is -0.187. The maximum absolute atomic E-state index is 12.0. The number of hydrogen-bond donors (Lipinski definition) is 3. The molecular weight excluding hydrogens is 248 g/mol. The zero-order chi connectivity index (χ0) is 13.1. The second kappa shape index (κ2) is 5.37. The fourth-order valence-electron chi connectivity index (χ4n) is 1.71. The summed E-state index contributed by atoms with van der Waals surface area (Å²) >= 11 is 1.43. The molecule has 1 amide bonds. The molecule has 0 fully saturated rings. The van der Waals surface area contributed by atoms with E-state index in [2.05, 4.69) is 5.32 Å². The first-order valence-electron chi connectivity index (χ1n) is 5.84. The molecule has 18 heavy (non-hydrogen) atoms. The first-order chi connectivity index (χ1) is 8.63. The third-order valence-electron chi connectivity index (χ3n) is 2.81. The lowest BCUT2D eigenvalue weighted by Crippen LogP contribution is -2.36. The first-order valence-corrected chi connectivity index (χ1v) is 6.66. The molecule has 0 aliphatic heterocycles. The minimum absolute atomic E-state index is 0.0416. The van der Waals surface area contributed by atoms with E-state index >= 15 is 0 Å². The summed E-state index contributed by atoms with van der Waals surface area (Å²) in [5, 5.41) is 12.8. The van der Waals surface area contributed by atoms with Crippen molar-refractivity contribution in [2.45, 2.75) is 19.4 Å². The predicted molar refractivity (Wildman–Crippen MR) is 74.9 cm³/mol. The normalized spacial score (nSPS) is 12.6. The molecule has 1 aromatic heterocycles. The van der Waals surface area contributed by atoms with Gasteiger partial charge in [0.05, 0.1) is 17.5 Å². The van der Waals surface area contributed by atoms with E-state index in [0.717, 1.165) is 10.1 Å². The Morgan fingerprint density at radius 2 is 2.28 bits per heavy atom. The largest absolute Gasteiger partial charge is 0.399 e. The number of nitrogens with two attached hydrogens (primary N) is 1. The van der Waals surface area contributed by atoms with Crippen LogP contribution in [0.3, 0.4) is 0 Å². The summed E-state index contributed by atoms with van der Waals surface area (Å²) in [4.78, 5) is 12.6. The van der Waals surface area contributed by atoms with Gasteiger partial charge in [0, 0.05) is 10.4 Å². The molecule has 96 valence electrons. The van der Waals surface area contributed by atoms with Gasteiger partial charge in [0.2, 0.25) is 0 Å². The molecule has 2 aromatic rings. The molecule has 4 nitrogen and oxygen atoms in total. The second-order valence-electron chi connectivity index (χ2n) is 4.17. The highest BCUT2D eigenvalue weighted by Gasteiger charge is 2.14. The Balaban J connectivity index is 2.23. The van der Waals surface area contributed by atoms with Crippen LogP contribution >= 0.6 is 11.3 Å². The van der Waals surface area contributed by atoms with E-state index < -0.39 is 0 Å². The molecular formula is C13H16N2O2S. The van der Waals surface area contributed by atoms with E-state index in [1.165, 1.54) is 11.3 Å². The summed E-state index contributed by atoms with van der Waals surface area (Å²) in [7, 11) is 0. The lowest BCUT2D eigenvalue weighted by Gasteiger charge is -2.12. The lowest BCUT2D eigenvalue weighted by atomic mass is 10.2. The summed E-state index contributed by atoms with van der Waals surface area (Å²) in [5.41, 5.74) is 6.39. The Morgan fingerprint density at radius 3 is 2.94 bits per heavy atom. The Bertz CT molecular complexity index is 561. The zero-order valence-electron chi connectivity index (χ0n) is 10.1.